The molecule has 0 aromatic heterocycles. The molecule has 152 valence electrons. The maximum absolute atomic E-state index is 11.7. The molecule has 0 N–H and O–H groups in total. The highest BCUT2D eigenvalue weighted by Crippen LogP contribution is 2.36. The van der Waals surface area contributed by atoms with Crippen LogP contribution in [0.5, 0.6) is 0 Å². The predicted octanol–water partition coefficient (Wildman–Crippen LogP) is 4.73. The molecule has 0 aromatic rings. The second-order valence-corrected chi connectivity index (χ2v) is 12.4. The van der Waals surface area contributed by atoms with E-state index < -0.39 is 26.4 Å². The summed E-state index contributed by atoms with van der Waals surface area (Å²) in [5.74, 6) is -1.22. The zero-order valence-electron chi connectivity index (χ0n) is 17.7. The molecule has 0 aliphatic rings. The SMILES string of the molecule is C=C[C@H](/C=C/C(C)=C/CO[Si](C)(C)C(C)(C)C)OC(=O)/C=C/C(=O)OCC. The molecule has 0 saturated heterocycles. The fraction of sp³-hybridized carbons (Fsp3) is 0.524. The van der Waals surface area contributed by atoms with Crippen molar-refractivity contribution in [3.63, 3.8) is 0 Å². The second kappa shape index (κ2) is 11.7. The standard InChI is InChI=1S/C21H34O5Si/c1-9-18(26-20(23)14-13-19(22)24-10-2)12-11-17(3)15-16-25-27(7,8)21(4,5)6/h9,11-15,18H,1,10,16H2,2-8H3/b12-11+,14-13+,17-15+/t18-/m1/s1. The Kier molecular flexibility index (Phi) is 10.9. The van der Waals surface area contributed by atoms with Gasteiger partial charge in [-0.2, -0.15) is 0 Å². The van der Waals surface area contributed by atoms with Gasteiger partial charge in [0.25, 0.3) is 0 Å². The number of rotatable bonds is 10. The largest absolute Gasteiger partial charge is 0.463 e. The minimum absolute atomic E-state index is 0.170. The molecule has 0 amide bonds. The van der Waals surface area contributed by atoms with E-state index in [0.29, 0.717) is 6.61 Å². The molecule has 0 aromatic carbocycles. The maximum atomic E-state index is 11.7. The van der Waals surface area contributed by atoms with Crippen LogP contribution in [-0.4, -0.2) is 39.6 Å². The van der Waals surface area contributed by atoms with Crippen molar-refractivity contribution in [1.82, 2.24) is 0 Å². The van der Waals surface area contributed by atoms with E-state index in [1.54, 1.807) is 13.0 Å². The van der Waals surface area contributed by atoms with E-state index in [2.05, 4.69) is 40.4 Å². The molecule has 0 aliphatic heterocycles. The van der Waals surface area contributed by atoms with E-state index in [1.807, 2.05) is 19.1 Å². The van der Waals surface area contributed by atoms with Gasteiger partial charge < -0.3 is 13.9 Å². The molecule has 6 heteroatoms. The summed E-state index contributed by atoms with van der Waals surface area (Å²) in [4.78, 5) is 22.9. The quantitative estimate of drug-likeness (QED) is 0.176. The first-order valence-corrected chi connectivity index (χ1v) is 12.0. The third kappa shape index (κ3) is 10.7. The van der Waals surface area contributed by atoms with Gasteiger partial charge in [0.15, 0.2) is 8.32 Å². The number of esters is 2. The summed E-state index contributed by atoms with van der Waals surface area (Å²) in [5.41, 5.74) is 0.999. The van der Waals surface area contributed by atoms with Crippen LogP contribution in [0.15, 0.2) is 48.6 Å². The number of allylic oxidation sites excluding steroid dienone is 2. The van der Waals surface area contributed by atoms with Gasteiger partial charge in [0.2, 0.25) is 0 Å². The zero-order valence-corrected chi connectivity index (χ0v) is 18.7. The Morgan fingerprint density at radius 3 is 2.22 bits per heavy atom. The zero-order chi connectivity index (χ0) is 21.1. The Balaban J connectivity index is 4.64. The number of ether oxygens (including phenoxy) is 2. The number of hydrogen-bond acceptors (Lipinski definition) is 5. The summed E-state index contributed by atoms with van der Waals surface area (Å²) >= 11 is 0. The van der Waals surface area contributed by atoms with Crippen LogP contribution in [0.2, 0.25) is 18.1 Å². The summed E-state index contributed by atoms with van der Waals surface area (Å²) in [5, 5.41) is 0.170. The van der Waals surface area contributed by atoms with Gasteiger partial charge in [0.1, 0.15) is 6.10 Å². The monoisotopic (exact) mass is 394 g/mol. The molecule has 0 bridgehead atoms. The minimum atomic E-state index is -1.77. The molecule has 5 nitrogen and oxygen atoms in total. The van der Waals surface area contributed by atoms with E-state index in [4.69, 9.17) is 13.9 Å². The van der Waals surface area contributed by atoms with Gasteiger partial charge in [-0.3, -0.25) is 0 Å². The van der Waals surface area contributed by atoms with Crippen LogP contribution < -0.4 is 0 Å². The average molecular weight is 395 g/mol. The van der Waals surface area contributed by atoms with E-state index in [9.17, 15) is 9.59 Å². The minimum Gasteiger partial charge on any atom is -0.463 e. The summed E-state index contributed by atoms with van der Waals surface area (Å²) in [6, 6.07) is 0. The van der Waals surface area contributed by atoms with Gasteiger partial charge in [-0.1, -0.05) is 45.1 Å². The highest BCUT2D eigenvalue weighted by Gasteiger charge is 2.36. The van der Waals surface area contributed by atoms with Gasteiger partial charge in [-0.15, -0.1) is 0 Å². The molecule has 0 rings (SSSR count). The third-order valence-corrected chi connectivity index (χ3v) is 8.83. The van der Waals surface area contributed by atoms with Crippen molar-refractivity contribution in [2.45, 2.75) is 58.9 Å². The molecule has 0 radical (unpaired) electrons. The molecule has 0 fully saturated rings. The smallest absolute Gasteiger partial charge is 0.331 e. The van der Waals surface area contributed by atoms with Gasteiger partial charge in [-0.25, -0.2) is 9.59 Å². The summed E-state index contributed by atoms with van der Waals surface area (Å²) in [6.45, 7) is 19.1. The maximum Gasteiger partial charge on any atom is 0.331 e. The van der Waals surface area contributed by atoms with Crippen LogP contribution in [0.4, 0.5) is 0 Å². The lowest BCUT2D eigenvalue weighted by molar-refractivity contribution is -0.141. The highest BCUT2D eigenvalue weighted by atomic mass is 28.4. The third-order valence-electron chi connectivity index (χ3n) is 4.33. The summed E-state index contributed by atoms with van der Waals surface area (Å²) in [6.07, 6.45) is 8.57. The summed E-state index contributed by atoms with van der Waals surface area (Å²) < 4.78 is 16.0. The van der Waals surface area contributed by atoms with E-state index in [1.165, 1.54) is 6.08 Å². The Labute approximate surface area is 164 Å². The number of carbonyl (C=O) groups is 2. The average Bonchev–Trinajstić information content (AvgIpc) is 2.55. The Bertz CT molecular complexity index is 594. The number of hydrogen-bond donors (Lipinski definition) is 0. The molecule has 0 unspecified atom stereocenters. The van der Waals surface area contributed by atoms with E-state index >= 15 is 0 Å². The van der Waals surface area contributed by atoms with Gasteiger partial charge in [-0.05, 0) is 44.1 Å². The van der Waals surface area contributed by atoms with Crippen molar-refractivity contribution < 1.29 is 23.5 Å². The molecular weight excluding hydrogens is 360 g/mol. The van der Waals surface area contributed by atoms with Crippen LogP contribution in [0.25, 0.3) is 0 Å². The van der Waals surface area contributed by atoms with Crippen molar-refractivity contribution in [2.24, 2.45) is 0 Å². The van der Waals surface area contributed by atoms with E-state index in [-0.39, 0.29) is 11.6 Å². The van der Waals surface area contributed by atoms with Crippen molar-refractivity contribution >= 4 is 20.3 Å². The Hall–Kier alpha value is -1.92. The lowest BCUT2D eigenvalue weighted by Crippen LogP contribution is -2.40. The van der Waals surface area contributed by atoms with Crippen molar-refractivity contribution in [2.75, 3.05) is 13.2 Å². The van der Waals surface area contributed by atoms with Crippen LogP contribution in [0.1, 0.15) is 34.6 Å². The highest BCUT2D eigenvalue weighted by molar-refractivity contribution is 6.74. The molecule has 0 saturated carbocycles. The first-order chi connectivity index (χ1) is 12.4. The fourth-order valence-corrected chi connectivity index (χ4v) is 2.51. The lowest BCUT2D eigenvalue weighted by atomic mass is 10.2. The molecule has 1 atom stereocenters. The van der Waals surface area contributed by atoms with Crippen LogP contribution in [0, 0.1) is 0 Å². The molecule has 0 spiro atoms. The van der Waals surface area contributed by atoms with Crippen LogP contribution >= 0.6 is 0 Å². The van der Waals surface area contributed by atoms with Gasteiger partial charge >= 0.3 is 11.9 Å². The number of carbonyl (C=O) groups excluding carboxylic acids is 2. The fourth-order valence-electron chi connectivity index (χ4n) is 1.58. The summed E-state index contributed by atoms with van der Waals surface area (Å²) in [7, 11) is -1.77. The van der Waals surface area contributed by atoms with Crippen LogP contribution in [0.3, 0.4) is 0 Å². The van der Waals surface area contributed by atoms with Crippen molar-refractivity contribution in [3.05, 3.63) is 48.6 Å². The van der Waals surface area contributed by atoms with Crippen molar-refractivity contribution in [3.8, 4) is 0 Å². The van der Waals surface area contributed by atoms with Crippen molar-refractivity contribution in [1.29, 1.82) is 0 Å². The first-order valence-electron chi connectivity index (χ1n) is 9.10. The van der Waals surface area contributed by atoms with Gasteiger partial charge in [0.05, 0.1) is 13.2 Å². The Morgan fingerprint density at radius 1 is 1.11 bits per heavy atom. The topological polar surface area (TPSA) is 61.8 Å². The predicted molar refractivity (Wildman–Crippen MR) is 112 cm³/mol. The van der Waals surface area contributed by atoms with Crippen LogP contribution in [-0.2, 0) is 23.5 Å². The molecule has 0 aliphatic carbocycles. The van der Waals surface area contributed by atoms with E-state index in [0.717, 1.165) is 17.7 Å². The Morgan fingerprint density at radius 2 is 1.70 bits per heavy atom. The molecule has 27 heavy (non-hydrogen) atoms. The first kappa shape index (κ1) is 25.1. The second-order valence-electron chi connectivity index (χ2n) is 7.60. The normalized spacial score (nSPS) is 14.4. The van der Waals surface area contributed by atoms with Gasteiger partial charge in [0, 0.05) is 12.2 Å². The lowest BCUT2D eigenvalue weighted by Gasteiger charge is -2.35. The molecular formula is C21H34O5Si. The molecule has 0 heterocycles.